The number of pyridine rings is 2. The summed E-state index contributed by atoms with van der Waals surface area (Å²) < 4.78 is 51.5. The van der Waals surface area contributed by atoms with Crippen LogP contribution in [0.25, 0.3) is 0 Å². The highest BCUT2D eigenvalue weighted by atomic mass is 35.5. The molecule has 0 radical (unpaired) electrons. The van der Waals surface area contributed by atoms with Crippen molar-refractivity contribution in [1.82, 2.24) is 18.6 Å². The van der Waals surface area contributed by atoms with Crippen LogP contribution < -0.4 is 5.73 Å². The summed E-state index contributed by atoms with van der Waals surface area (Å²) in [6, 6.07) is 8.79. The van der Waals surface area contributed by atoms with E-state index in [1.54, 1.807) is 24.3 Å². The quantitative estimate of drug-likeness (QED) is 0.338. The molecule has 0 spiro atoms. The molecule has 0 aliphatic heterocycles. The summed E-state index contributed by atoms with van der Waals surface area (Å²) in [5.74, 6) is 0. The molecule has 0 aromatic carbocycles. The number of isocyanates is 1. The highest BCUT2D eigenvalue weighted by Crippen LogP contribution is 2.24. The van der Waals surface area contributed by atoms with Crippen molar-refractivity contribution in [1.29, 1.82) is 0 Å². The molecule has 0 saturated heterocycles. The molecular weight excluding hydrogens is 564 g/mol. The van der Waals surface area contributed by atoms with E-state index >= 15 is 0 Å². The Morgan fingerprint density at radius 3 is 1.54 bits per heavy atom. The minimum atomic E-state index is -3.68. The molecule has 2 heterocycles. The number of rotatable bonds is 9. The van der Waals surface area contributed by atoms with Crippen LogP contribution in [0.5, 0.6) is 0 Å². The van der Waals surface area contributed by atoms with Gasteiger partial charge in [-0.15, -0.1) is 12.4 Å². The SMILES string of the molecule is CN(C[C@@H](N)C(C)(C)C)S(=O)(=O)c1ccccn1.CN(C[C@@H](N=C=O)C(C)(C)C)S(=O)(=O)c1ccccn1.Cl. The minimum absolute atomic E-state index is 0. The van der Waals surface area contributed by atoms with Crippen LogP contribution in [0.3, 0.4) is 0 Å². The second-order valence-electron chi connectivity index (χ2n) is 11.0. The van der Waals surface area contributed by atoms with E-state index in [0.29, 0.717) is 0 Å². The van der Waals surface area contributed by atoms with E-state index in [1.807, 2.05) is 41.5 Å². The molecule has 14 heteroatoms. The molecule has 2 aromatic heterocycles. The Morgan fingerprint density at radius 1 is 0.821 bits per heavy atom. The topological polar surface area (TPSA) is 156 Å². The van der Waals surface area contributed by atoms with Crippen molar-refractivity contribution in [3.8, 4) is 0 Å². The molecular formula is C25H41ClN6O5S2. The Morgan fingerprint density at radius 2 is 1.23 bits per heavy atom. The van der Waals surface area contributed by atoms with E-state index in [1.165, 1.54) is 49.0 Å². The van der Waals surface area contributed by atoms with Gasteiger partial charge >= 0.3 is 0 Å². The average molecular weight is 605 g/mol. The summed E-state index contributed by atoms with van der Waals surface area (Å²) in [5, 5.41) is 0.0267. The van der Waals surface area contributed by atoms with Gasteiger partial charge in [0, 0.05) is 45.6 Å². The van der Waals surface area contributed by atoms with Crippen molar-refractivity contribution < 1.29 is 21.6 Å². The van der Waals surface area contributed by atoms with Crippen molar-refractivity contribution in [2.75, 3.05) is 27.2 Å². The fourth-order valence-corrected chi connectivity index (χ4v) is 5.10. The second kappa shape index (κ2) is 14.9. The molecule has 2 rings (SSSR count). The van der Waals surface area contributed by atoms with Crippen LogP contribution in [-0.4, -0.2) is 80.8 Å². The Labute approximate surface area is 239 Å². The number of aromatic nitrogens is 2. The fourth-order valence-electron chi connectivity index (χ4n) is 2.88. The zero-order chi connectivity index (χ0) is 29.4. The number of hydrogen-bond donors (Lipinski definition) is 1. The standard InChI is InChI=1S/C13H19N3O3S.C12H21N3O2S.ClH/c1-13(2,3)11(15-10-17)9-16(4)20(18,19)12-7-5-6-8-14-12;1-12(2,3)10(13)9-15(4)18(16,17)11-7-5-6-8-14-11;/h5-8,11H,9H2,1-4H3;5-8,10H,9,13H2,1-4H3;1H/t11-;10-;/m11./s1. The summed E-state index contributed by atoms with van der Waals surface area (Å²) in [5.41, 5.74) is 5.51. The molecule has 0 fully saturated rings. The zero-order valence-corrected chi connectivity index (χ0v) is 26.2. The van der Waals surface area contributed by atoms with Crippen LogP contribution >= 0.6 is 12.4 Å². The van der Waals surface area contributed by atoms with Gasteiger partial charge in [0.15, 0.2) is 10.1 Å². The van der Waals surface area contributed by atoms with E-state index in [9.17, 15) is 21.6 Å². The molecule has 0 bridgehead atoms. The highest BCUT2D eigenvalue weighted by Gasteiger charge is 2.31. The monoisotopic (exact) mass is 604 g/mol. The first kappa shape index (κ1) is 36.8. The highest BCUT2D eigenvalue weighted by molar-refractivity contribution is 7.89. The number of carbonyl (C=O) groups excluding carboxylic acids is 1. The molecule has 0 aliphatic rings. The molecule has 220 valence electrons. The fraction of sp³-hybridized carbons (Fsp3) is 0.560. The van der Waals surface area contributed by atoms with Gasteiger partial charge in [-0.2, -0.15) is 8.61 Å². The Bertz CT molecular complexity index is 1280. The third kappa shape index (κ3) is 11.0. The number of aliphatic imine (C=N–C) groups is 1. The normalized spacial score (nSPS) is 13.9. The maximum absolute atomic E-state index is 12.3. The van der Waals surface area contributed by atoms with E-state index in [-0.39, 0.29) is 52.4 Å². The second-order valence-corrected chi connectivity index (χ2v) is 15.0. The van der Waals surface area contributed by atoms with Crippen molar-refractivity contribution >= 4 is 38.5 Å². The molecule has 2 N–H and O–H groups in total. The van der Waals surface area contributed by atoms with Gasteiger partial charge < -0.3 is 5.73 Å². The van der Waals surface area contributed by atoms with Gasteiger partial charge in [0.25, 0.3) is 20.0 Å². The van der Waals surface area contributed by atoms with Crippen molar-refractivity contribution in [2.45, 2.75) is 63.7 Å². The number of hydrogen-bond acceptors (Lipinski definition) is 9. The van der Waals surface area contributed by atoms with Gasteiger partial charge in [0.1, 0.15) is 0 Å². The number of halogens is 1. The summed E-state index contributed by atoms with van der Waals surface area (Å²) in [7, 11) is -4.26. The van der Waals surface area contributed by atoms with Crippen molar-refractivity contribution in [2.24, 2.45) is 21.6 Å². The Balaban J connectivity index is 0.000000726. The lowest BCUT2D eigenvalue weighted by Crippen LogP contribution is -2.45. The van der Waals surface area contributed by atoms with Crippen LogP contribution in [0.1, 0.15) is 41.5 Å². The zero-order valence-electron chi connectivity index (χ0n) is 23.8. The number of nitrogens with zero attached hydrogens (tertiary/aromatic N) is 5. The third-order valence-corrected chi connectivity index (χ3v) is 9.31. The molecule has 2 aromatic rings. The van der Waals surface area contributed by atoms with E-state index < -0.39 is 26.1 Å². The predicted molar refractivity (Wildman–Crippen MR) is 154 cm³/mol. The van der Waals surface area contributed by atoms with Crippen LogP contribution in [-0.2, 0) is 24.8 Å². The average Bonchev–Trinajstić information content (AvgIpc) is 2.84. The lowest BCUT2D eigenvalue weighted by atomic mass is 9.87. The lowest BCUT2D eigenvalue weighted by Gasteiger charge is -2.30. The largest absolute Gasteiger partial charge is 0.326 e. The number of likely N-dealkylation sites (N-methyl/N-ethyl adjacent to an activating group) is 2. The molecule has 39 heavy (non-hydrogen) atoms. The van der Waals surface area contributed by atoms with E-state index in [2.05, 4.69) is 15.0 Å². The molecule has 11 nitrogen and oxygen atoms in total. The van der Waals surface area contributed by atoms with Gasteiger partial charge in [-0.1, -0.05) is 53.7 Å². The predicted octanol–water partition coefficient (Wildman–Crippen LogP) is 2.95. The Hall–Kier alpha value is -2.25. The molecule has 2 atom stereocenters. The van der Waals surface area contributed by atoms with Crippen LogP contribution in [0, 0.1) is 10.8 Å². The van der Waals surface area contributed by atoms with Gasteiger partial charge in [0.05, 0.1) is 6.04 Å². The molecule has 0 saturated carbocycles. The first-order chi connectivity index (χ1) is 17.3. The maximum atomic E-state index is 12.3. The van der Waals surface area contributed by atoms with Crippen molar-refractivity contribution in [3.63, 3.8) is 0 Å². The van der Waals surface area contributed by atoms with Gasteiger partial charge in [0.2, 0.25) is 6.08 Å². The first-order valence-electron chi connectivity index (χ1n) is 11.9. The minimum Gasteiger partial charge on any atom is -0.326 e. The van der Waals surface area contributed by atoms with Crippen molar-refractivity contribution in [3.05, 3.63) is 48.8 Å². The maximum Gasteiger partial charge on any atom is 0.260 e. The summed E-state index contributed by atoms with van der Waals surface area (Å²) >= 11 is 0. The van der Waals surface area contributed by atoms with Gasteiger partial charge in [-0.25, -0.2) is 36.6 Å². The summed E-state index contributed by atoms with van der Waals surface area (Å²) in [6.45, 7) is 12.0. The summed E-state index contributed by atoms with van der Waals surface area (Å²) in [6.07, 6.45) is 4.39. The van der Waals surface area contributed by atoms with Gasteiger partial charge in [-0.05, 0) is 35.1 Å². The molecule has 0 amide bonds. The summed E-state index contributed by atoms with van der Waals surface area (Å²) in [4.78, 5) is 21.9. The van der Waals surface area contributed by atoms with E-state index in [4.69, 9.17) is 5.73 Å². The molecule has 0 unspecified atom stereocenters. The smallest absolute Gasteiger partial charge is 0.260 e. The van der Waals surface area contributed by atoms with Crippen LogP contribution in [0.4, 0.5) is 0 Å². The Kier molecular flexibility index (Phi) is 14.1. The number of sulfonamides is 2. The van der Waals surface area contributed by atoms with Gasteiger partial charge in [-0.3, -0.25) is 0 Å². The lowest BCUT2D eigenvalue weighted by molar-refractivity contribution is 0.279. The van der Waals surface area contributed by atoms with E-state index in [0.717, 1.165) is 4.31 Å². The van der Waals surface area contributed by atoms with Crippen LogP contribution in [0.2, 0.25) is 0 Å². The number of nitrogens with two attached hydrogens (primary N) is 1. The molecule has 0 aliphatic carbocycles. The first-order valence-corrected chi connectivity index (χ1v) is 14.8. The third-order valence-electron chi connectivity index (χ3n) is 5.83. The van der Waals surface area contributed by atoms with Crippen LogP contribution in [0.15, 0.2) is 63.8 Å².